The highest BCUT2D eigenvalue weighted by atomic mass is 35.5. The van der Waals surface area contributed by atoms with E-state index in [0.29, 0.717) is 25.4 Å². The molecule has 1 aromatic rings. The second kappa shape index (κ2) is 7.77. The fourth-order valence-corrected chi connectivity index (χ4v) is 2.89. The van der Waals surface area contributed by atoms with Crippen LogP contribution in [-0.4, -0.2) is 24.4 Å². The summed E-state index contributed by atoms with van der Waals surface area (Å²) in [6.07, 6.45) is 2.49. The number of carbonyl (C=O) groups is 1. The molecule has 0 bridgehead atoms. The van der Waals surface area contributed by atoms with Gasteiger partial charge in [0.15, 0.2) is 0 Å². The van der Waals surface area contributed by atoms with Crippen LogP contribution >= 0.6 is 22.9 Å². The SMILES string of the molecule is CC(CCN)CCC(=O)N(C)Cc1ccc(Cl)s1. The summed E-state index contributed by atoms with van der Waals surface area (Å²) in [5, 5.41) is 0. The van der Waals surface area contributed by atoms with Crippen molar-refractivity contribution in [3.8, 4) is 0 Å². The molecular formula is C13H21ClN2OS. The molecule has 0 aromatic carbocycles. The Labute approximate surface area is 118 Å². The summed E-state index contributed by atoms with van der Waals surface area (Å²) < 4.78 is 0.766. The van der Waals surface area contributed by atoms with Crippen LogP contribution in [0.25, 0.3) is 0 Å². The lowest BCUT2D eigenvalue weighted by atomic mass is 10.0. The highest BCUT2D eigenvalue weighted by Gasteiger charge is 2.12. The zero-order valence-corrected chi connectivity index (χ0v) is 12.6. The molecule has 0 spiro atoms. The van der Waals surface area contributed by atoms with Crippen molar-refractivity contribution in [3.63, 3.8) is 0 Å². The molecule has 102 valence electrons. The number of hydrogen-bond donors (Lipinski definition) is 1. The summed E-state index contributed by atoms with van der Waals surface area (Å²) in [6, 6.07) is 3.83. The lowest BCUT2D eigenvalue weighted by Crippen LogP contribution is -2.26. The number of rotatable bonds is 7. The molecule has 0 aliphatic heterocycles. The van der Waals surface area contributed by atoms with E-state index in [2.05, 4.69) is 6.92 Å². The normalized spacial score (nSPS) is 12.4. The molecule has 0 saturated heterocycles. The van der Waals surface area contributed by atoms with Crippen LogP contribution < -0.4 is 5.73 Å². The first-order chi connectivity index (χ1) is 8.52. The smallest absolute Gasteiger partial charge is 0.222 e. The third-order valence-electron chi connectivity index (χ3n) is 2.96. The first-order valence-corrected chi connectivity index (χ1v) is 7.40. The van der Waals surface area contributed by atoms with Crippen molar-refractivity contribution in [1.82, 2.24) is 4.90 Å². The van der Waals surface area contributed by atoms with Gasteiger partial charge in [-0.05, 0) is 37.4 Å². The third kappa shape index (κ3) is 5.38. The van der Waals surface area contributed by atoms with Gasteiger partial charge in [-0.25, -0.2) is 0 Å². The topological polar surface area (TPSA) is 46.3 Å². The molecule has 1 unspecified atom stereocenters. The molecule has 1 rings (SSSR count). The summed E-state index contributed by atoms with van der Waals surface area (Å²) in [7, 11) is 1.84. The summed E-state index contributed by atoms with van der Waals surface area (Å²) in [4.78, 5) is 14.8. The number of amides is 1. The van der Waals surface area contributed by atoms with Gasteiger partial charge < -0.3 is 10.6 Å². The van der Waals surface area contributed by atoms with Gasteiger partial charge in [-0.3, -0.25) is 4.79 Å². The van der Waals surface area contributed by atoms with Crippen LogP contribution in [0, 0.1) is 5.92 Å². The van der Waals surface area contributed by atoms with Crippen molar-refractivity contribution in [3.05, 3.63) is 21.3 Å². The third-order valence-corrected chi connectivity index (χ3v) is 4.17. The quantitative estimate of drug-likeness (QED) is 0.838. The fourth-order valence-electron chi connectivity index (χ4n) is 1.75. The first kappa shape index (κ1) is 15.5. The van der Waals surface area contributed by atoms with E-state index in [4.69, 9.17) is 17.3 Å². The van der Waals surface area contributed by atoms with Crippen molar-refractivity contribution >= 4 is 28.8 Å². The van der Waals surface area contributed by atoms with Crippen molar-refractivity contribution in [2.75, 3.05) is 13.6 Å². The molecular weight excluding hydrogens is 268 g/mol. The van der Waals surface area contributed by atoms with E-state index in [1.807, 2.05) is 19.2 Å². The Kier molecular flexibility index (Phi) is 6.68. The predicted molar refractivity (Wildman–Crippen MR) is 77.9 cm³/mol. The highest BCUT2D eigenvalue weighted by molar-refractivity contribution is 7.16. The molecule has 0 radical (unpaired) electrons. The van der Waals surface area contributed by atoms with Gasteiger partial charge in [-0.2, -0.15) is 0 Å². The number of thiophene rings is 1. The number of carbonyl (C=O) groups excluding carboxylic acids is 1. The summed E-state index contributed by atoms with van der Waals surface area (Å²) in [5.74, 6) is 0.701. The van der Waals surface area contributed by atoms with E-state index >= 15 is 0 Å². The van der Waals surface area contributed by atoms with Gasteiger partial charge in [-0.1, -0.05) is 18.5 Å². The average Bonchev–Trinajstić information content (AvgIpc) is 2.72. The monoisotopic (exact) mass is 288 g/mol. The minimum Gasteiger partial charge on any atom is -0.341 e. The molecule has 1 aromatic heterocycles. The Morgan fingerprint density at radius 1 is 1.50 bits per heavy atom. The van der Waals surface area contributed by atoms with Gasteiger partial charge >= 0.3 is 0 Å². The Balaban J connectivity index is 2.33. The van der Waals surface area contributed by atoms with E-state index in [-0.39, 0.29) is 5.91 Å². The van der Waals surface area contributed by atoms with Crippen LogP contribution in [0.3, 0.4) is 0 Å². The molecule has 1 heterocycles. The van der Waals surface area contributed by atoms with Gasteiger partial charge in [0.1, 0.15) is 0 Å². The largest absolute Gasteiger partial charge is 0.341 e. The van der Waals surface area contributed by atoms with Crippen LogP contribution in [-0.2, 0) is 11.3 Å². The molecule has 1 atom stereocenters. The minimum absolute atomic E-state index is 0.184. The predicted octanol–water partition coefficient (Wildman–Crippen LogP) is 3.13. The van der Waals surface area contributed by atoms with Gasteiger partial charge in [-0.15, -0.1) is 11.3 Å². The van der Waals surface area contributed by atoms with Crippen LogP contribution in [0.2, 0.25) is 4.34 Å². The van der Waals surface area contributed by atoms with Crippen LogP contribution in [0.1, 0.15) is 31.1 Å². The highest BCUT2D eigenvalue weighted by Crippen LogP contribution is 2.22. The van der Waals surface area contributed by atoms with Crippen molar-refractivity contribution in [1.29, 1.82) is 0 Å². The molecule has 1 amide bonds. The Morgan fingerprint density at radius 3 is 2.78 bits per heavy atom. The van der Waals surface area contributed by atoms with E-state index in [1.165, 1.54) is 11.3 Å². The van der Waals surface area contributed by atoms with Crippen molar-refractivity contribution < 1.29 is 4.79 Å². The minimum atomic E-state index is 0.184. The molecule has 5 heteroatoms. The van der Waals surface area contributed by atoms with Gasteiger partial charge in [0.05, 0.1) is 10.9 Å². The second-order valence-corrected chi connectivity index (χ2v) is 6.48. The van der Waals surface area contributed by atoms with Crippen LogP contribution in [0.15, 0.2) is 12.1 Å². The van der Waals surface area contributed by atoms with E-state index in [9.17, 15) is 4.79 Å². The maximum atomic E-state index is 11.9. The maximum Gasteiger partial charge on any atom is 0.222 e. The average molecular weight is 289 g/mol. The van der Waals surface area contributed by atoms with Crippen LogP contribution in [0.5, 0.6) is 0 Å². The summed E-state index contributed by atoms with van der Waals surface area (Å²) in [5.41, 5.74) is 5.49. The lowest BCUT2D eigenvalue weighted by Gasteiger charge is -2.17. The Morgan fingerprint density at radius 2 is 2.22 bits per heavy atom. The number of halogens is 1. The molecule has 0 aliphatic carbocycles. The first-order valence-electron chi connectivity index (χ1n) is 6.21. The van der Waals surface area contributed by atoms with E-state index in [1.54, 1.807) is 4.90 Å². The van der Waals surface area contributed by atoms with Gasteiger partial charge in [0.2, 0.25) is 5.91 Å². The molecule has 3 nitrogen and oxygen atoms in total. The van der Waals surface area contributed by atoms with E-state index < -0.39 is 0 Å². The molecule has 0 saturated carbocycles. The summed E-state index contributed by atoms with van der Waals surface area (Å²) in [6.45, 7) is 3.47. The van der Waals surface area contributed by atoms with Gasteiger partial charge in [0, 0.05) is 18.3 Å². The van der Waals surface area contributed by atoms with E-state index in [0.717, 1.165) is 22.1 Å². The molecule has 18 heavy (non-hydrogen) atoms. The van der Waals surface area contributed by atoms with Gasteiger partial charge in [0.25, 0.3) is 0 Å². The lowest BCUT2D eigenvalue weighted by molar-refractivity contribution is -0.130. The number of nitrogens with zero attached hydrogens (tertiary/aromatic N) is 1. The maximum absolute atomic E-state index is 11.9. The molecule has 0 fully saturated rings. The number of hydrogen-bond acceptors (Lipinski definition) is 3. The zero-order valence-electron chi connectivity index (χ0n) is 11.0. The number of nitrogens with two attached hydrogens (primary N) is 1. The second-order valence-electron chi connectivity index (χ2n) is 4.68. The Hall–Kier alpha value is -0.580. The van der Waals surface area contributed by atoms with Crippen molar-refractivity contribution in [2.45, 2.75) is 32.7 Å². The fraction of sp³-hybridized carbons (Fsp3) is 0.615. The molecule has 2 N–H and O–H groups in total. The standard InChI is InChI=1S/C13H21ClN2OS/c1-10(7-8-15)3-6-13(17)16(2)9-11-4-5-12(14)18-11/h4-5,10H,3,6-9,15H2,1-2H3. The van der Waals surface area contributed by atoms with Crippen molar-refractivity contribution in [2.24, 2.45) is 11.7 Å². The Bertz CT molecular complexity index is 381. The zero-order chi connectivity index (χ0) is 13.5. The summed E-state index contributed by atoms with van der Waals surface area (Å²) >= 11 is 7.39. The molecule has 0 aliphatic rings. The van der Waals surface area contributed by atoms with Crippen LogP contribution in [0.4, 0.5) is 0 Å².